The summed E-state index contributed by atoms with van der Waals surface area (Å²) in [4.78, 5) is 25.8. The topological polar surface area (TPSA) is 96.3 Å². The average Bonchev–Trinajstić information content (AvgIpc) is 2.92. The van der Waals surface area contributed by atoms with Gasteiger partial charge in [-0.3, -0.25) is 4.79 Å². The highest BCUT2D eigenvalue weighted by Crippen LogP contribution is 2.35. The van der Waals surface area contributed by atoms with Crippen molar-refractivity contribution in [2.24, 2.45) is 0 Å². The molecule has 2 rings (SSSR count). The summed E-state index contributed by atoms with van der Waals surface area (Å²) in [5.41, 5.74) is 0.692. The van der Waals surface area contributed by atoms with E-state index < -0.39 is 30.0 Å². The van der Waals surface area contributed by atoms with E-state index in [0.29, 0.717) is 11.9 Å². The molecular weight excluding hydrogens is 353 g/mol. The molecule has 0 saturated heterocycles. The number of halogens is 3. The van der Waals surface area contributed by atoms with Crippen LogP contribution in [0.4, 0.5) is 23.7 Å². The fraction of sp³-hybridized carbons (Fsp3) is 0.438. The highest BCUT2D eigenvalue weighted by atomic mass is 19.4. The molecule has 7 nitrogen and oxygen atoms in total. The van der Waals surface area contributed by atoms with Crippen molar-refractivity contribution in [3.63, 3.8) is 0 Å². The Hall–Kier alpha value is -2.78. The number of rotatable bonds is 6. The zero-order chi connectivity index (χ0) is 19.5. The van der Waals surface area contributed by atoms with Crippen LogP contribution in [0.5, 0.6) is 0 Å². The van der Waals surface area contributed by atoms with Crippen LogP contribution in [0.1, 0.15) is 38.6 Å². The lowest BCUT2D eigenvalue weighted by atomic mass is 10.2. The Bertz CT molecular complexity index is 817. The number of carbonyl (C=O) groups is 2. The highest BCUT2D eigenvalue weighted by molar-refractivity contribution is 5.92. The highest BCUT2D eigenvalue weighted by Gasteiger charge is 2.38. The third-order valence-corrected chi connectivity index (χ3v) is 3.86. The van der Waals surface area contributed by atoms with Crippen molar-refractivity contribution >= 4 is 28.7 Å². The molecule has 2 aromatic rings. The molecule has 26 heavy (non-hydrogen) atoms. The minimum Gasteiger partial charge on any atom is -0.481 e. The van der Waals surface area contributed by atoms with E-state index in [9.17, 15) is 22.8 Å². The summed E-state index contributed by atoms with van der Waals surface area (Å²) in [5.74, 6) is -2.04. The third-order valence-electron chi connectivity index (χ3n) is 3.86. The monoisotopic (exact) mass is 372 g/mol. The zero-order valence-electron chi connectivity index (χ0n) is 14.2. The van der Waals surface area contributed by atoms with Crippen LogP contribution in [0, 0.1) is 0 Å². The molecule has 1 aromatic heterocycles. The van der Waals surface area contributed by atoms with Crippen molar-refractivity contribution in [1.82, 2.24) is 14.9 Å². The molecule has 2 amide bonds. The van der Waals surface area contributed by atoms with Gasteiger partial charge in [0.2, 0.25) is 5.82 Å². The maximum atomic E-state index is 13.3. The van der Waals surface area contributed by atoms with Crippen molar-refractivity contribution in [3.05, 3.63) is 24.0 Å². The standard InChI is InChI=1S/C16H19F3N4O3/c1-3-9(2)23-12-5-4-10(21-15(26)20-7-6-13(24)25)8-11(12)22-14(23)16(17,18)19/h4-5,8-9H,3,6-7H2,1-2H3,(H,24,25)(H2,20,21,26). The third kappa shape index (κ3) is 4.44. The molecule has 0 spiro atoms. The van der Waals surface area contributed by atoms with Crippen molar-refractivity contribution in [3.8, 4) is 0 Å². The minimum absolute atomic E-state index is 0.0652. The van der Waals surface area contributed by atoms with Gasteiger partial charge in [-0.2, -0.15) is 13.2 Å². The van der Waals surface area contributed by atoms with Gasteiger partial charge in [0.15, 0.2) is 0 Å². The van der Waals surface area contributed by atoms with Gasteiger partial charge >= 0.3 is 18.2 Å². The summed E-state index contributed by atoms with van der Waals surface area (Å²) in [6.45, 7) is 3.40. The normalized spacial score (nSPS) is 12.8. The van der Waals surface area contributed by atoms with Crippen LogP contribution in [0.2, 0.25) is 0 Å². The molecule has 10 heteroatoms. The number of anilines is 1. The molecule has 1 heterocycles. The van der Waals surface area contributed by atoms with E-state index in [1.165, 1.54) is 18.2 Å². The summed E-state index contributed by atoms with van der Waals surface area (Å²) in [6.07, 6.45) is -4.33. The maximum Gasteiger partial charge on any atom is 0.449 e. The van der Waals surface area contributed by atoms with Gasteiger partial charge in [-0.05, 0) is 31.5 Å². The number of aromatic nitrogens is 2. The molecule has 0 saturated carbocycles. The molecular formula is C16H19F3N4O3. The van der Waals surface area contributed by atoms with E-state index >= 15 is 0 Å². The fourth-order valence-corrected chi connectivity index (χ4v) is 2.46. The second kappa shape index (κ2) is 7.63. The lowest BCUT2D eigenvalue weighted by Gasteiger charge is -2.17. The van der Waals surface area contributed by atoms with Gasteiger partial charge in [0, 0.05) is 18.3 Å². The molecule has 0 fully saturated rings. The van der Waals surface area contributed by atoms with Crippen LogP contribution in [0.15, 0.2) is 18.2 Å². The van der Waals surface area contributed by atoms with Gasteiger partial charge in [-0.15, -0.1) is 0 Å². The van der Waals surface area contributed by atoms with Crippen molar-refractivity contribution < 1.29 is 27.9 Å². The van der Waals surface area contributed by atoms with Gasteiger partial charge in [-0.25, -0.2) is 9.78 Å². The SMILES string of the molecule is CCC(C)n1c(C(F)(F)F)nc2cc(NC(=O)NCCC(=O)O)ccc21. The van der Waals surface area contributed by atoms with Crippen molar-refractivity contribution in [2.75, 3.05) is 11.9 Å². The predicted octanol–water partition coefficient (Wildman–Crippen LogP) is 3.62. The molecule has 1 atom stereocenters. The summed E-state index contributed by atoms with van der Waals surface area (Å²) in [7, 11) is 0. The number of alkyl halides is 3. The number of hydrogen-bond acceptors (Lipinski definition) is 3. The molecule has 1 unspecified atom stereocenters. The van der Waals surface area contributed by atoms with Gasteiger partial charge in [0.1, 0.15) is 0 Å². The number of amides is 2. The van der Waals surface area contributed by atoms with Crippen LogP contribution >= 0.6 is 0 Å². The van der Waals surface area contributed by atoms with E-state index in [0.717, 1.165) is 4.57 Å². The number of carbonyl (C=O) groups excluding carboxylic acids is 1. The van der Waals surface area contributed by atoms with E-state index in [2.05, 4.69) is 15.6 Å². The van der Waals surface area contributed by atoms with Crippen LogP contribution in [0.3, 0.4) is 0 Å². The minimum atomic E-state index is -4.59. The number of benzene rings is 1. The molecule has 0 aliphatic heterocycles. The first-order valence-corrected chi connectivity index (χ1v) is 7.99. The first-order chi connectivity index (χ1) is 12.1. The van der Waals surface area contributed by atoms with E-state index in [1.807, 2.05) is 0 Å². The Balaban J connectivity index is 2.28. The molecule has 3 N–H and O–H groups in total. The number of aliphatic carboxylic acids is 1. The van der Waals surface area contributed by atoms with Crippen LogP contribution < -0.4 is 10.6 Å². The Morgan fingerprint density at radius 3 is 2.62 bits per heavy atom. The lowest BCUT2D eigenvalue weighted by Crippen LogP contribution is -2.30. The second-order valence-electron chi connectivity index (χ2n) is 5.79. The number of nitrogens with one attached hydrogen (secondary N) is 2. The Labute approximate surface area is 147 Å². The predicted molar refractivity (Wildman–Crippen MR) is 89.0 cm³/mol. The average molecular weight is 372 g/mol. The van der Waals surface area contributed by atoms with Gasteiger partial charge in [0.25, 0.3) is 0 Å². The Kier molecular flexibility index (Phi) is 5.73. The van der Waals surface area contributed by atoms with Crippen molar-refractivity contribution in [1.29, 1.82) is 0 Å². The van der Waals surface area contributed by atoms with Gasteiger partial charge in [-0.1, -0.05) is 6.92 Å². The Morgan fingerprint density at radius 2 is 2.04 bits per heavy atom. The molecule has 142 valence electrons. The quantitative estimate of drug-likeness (QED) is 0.722. The first kappa shape index (κ1) is 19.5. The number of hydrogen-bond donors (Lipinski definition) is 3. The molecule has 0 radical (unpaired) electrons. The summed E-state index contributed by atoms with van der Waals surface area (Å²) < 4.78 is 41.0. The van der Waals surface area contributed by atoms with Crippen LogP contribution in [0.25, 0.3) is 11.0 Å². The summed E-state index contributed by atoms with van der Waals surface area (Å²) in [6, 6.07) is 3.24. The number of urea groups is 1. The van der Waals surface area contributed by atoms with Crippen molar-refractivity contribution in [2.45, 2.75) is 38.9 Å². The van der Waals surface area contributed by atoms with Gasteiger partial charge in [0.05, 0.1) is 17.5 Å². The first-order valence-electron chi connectivity index (χ1n) is 7.99. The molecule has 0 aliphatic carbocycles. The lowest BCUT2D eigenvalue weighted by molar-refractivity contribution is -0.147. The summed E-state index contributed by atoms with van der Waals surface area (Å²) in [5, 5.41) is 13.3. The number of carboxylic acid groups (broad SMARTS) is 1. The number of nitrogens with zero attached hydrogens (tertiary/aromatic N) is 2. The van der Waals surface area contributed by atoms with Crippen LogP contribution in [-0.4, -0.2) is 33.2 Å². The van der Waals surface area contributed by atoms with E-state index in [1.54, 1.807) is 13.8 Å². The molecule has 1 aromatic carbocycles. The largest absolute Gasteiger partial charge is 0.481 e. The summed E-state index contributed by atoms with van der Waals surface area (Å²) >= 11 is 0. The molecule has 0 bridgehead atoms. The van der Waals surface area contributed by atoms with E-state index in [4.69, 9.17) is 5.11 Å². The number of imidazole rings is 1. The number of carboxylic acids is 1. The fourth-order valence-electron chi connectivity index (χ4n) is 2.46. The molecule has 0 aliphatic rings. The van der Waals surface area contributed by atoms with Gasteiger partial charge < -0.3 is 20.3 Å². The second-order valence-corrected chi connectivity index (χ2v) is 5.79. The number of fused-ring (bicyclic) bond motifs is 1. The smallest absolute Gasteiger partial charge is 0.449 e. The Morgan fingerprint density at radius 1 is 1.35 bits per heavy atom. The maximum absolute atomic E-state index is 13.3. The van der Waals surface area contributed by atoms with Crippen LogP contribution in [-0.2, 0) is 11.0 Å². The zero-order valence-corrected chi connectivity index (χ0v) is 14.2. The van der Waals surface area contributed by atoms with E-state index in [-0.39, 0.29) is 24.2 Å².